The average molecular weight is 315 g/mol. The Morgan fingerprint density at radius 1 is 1.33 bits per heavy atom. The maximum absolute atomic E-state index is 11.3. The molecule has 18 heavy (non-hydrogen) atoms. The van der Waals surface area contributed by atoms with Crippen molar-refractivity contribution in [3.63, 3.8) is 0 Å². The van der Waals surface area contributed by atoms with Crippen LogP contribution in [0.5, 0.6) is 11.8 Å². The van der Waals surface area contributed by atoms with Crippen molar-refractivity contribution < 1.29 is 32.8 Å². The summed E-state index contributed by atoms with van der Waals surface area (Å²) < 4.78 is 28.4. The fourth-order valence-corrected chi connectivity index (χ4v) is 1.47. The lowest BCUT2D eigenvalue weighted by atomic mass is 10.5. The summed E-state index contributed by atoms with van der Waals surface area (Å²) in [6, 6.07) is 2.08. The zero-order valence-electron chi connectivity index (χ0n) is 8.59. The van der Waals surface area contributed by atoms with Gasteiger partial charge in [-0.25, -0.2) is 4.79 Å². The Kier molecular flexibility index (Phi) is 4.10. The normalized spacial score (nSPS) is 12.4. The van der Waals surface area contributed by atoms with Gasteiger partial charge in [0.15, 0.2) is 3.41 Å². The Balaban J connectivity index is 2.81. The summed E-state index contributed by atoms with van der Waals surface area (Å²) in [4.78, 5) is 15.8. The molecule has 0 aliphatic rings. The third-order valence-electron chi connectivity index (χ3n) is 1.78. The Morgan fingerprint density at radius 3 is 2.17 bits per heavy atom. The topological polar surface area (TPSA) is 126 Å². The molecule has 0 aliphatic carbocycles. The standard InChI is InChI=1S/C7H9NO7S3/c9-4-1-2-5(10)8(4)15-6(11)3-7(16,17)18(12,13)14/h1-2,9-10,16-17H,3H2,(H,12,13,14). The van der Waals surface area contributed by atoms with Gasteiger partial charge in [-0.3, -0.25) is 4.55 Å². The number of hydrogen-bond donors (Lipinski definition) is 5. The minimum absolute atomic E-state index is 0.365. The molecule has 1 aromatic rings. The third-order valence-corrected chi connectivity index (χ3v) is 4.45. The molecule has 11 heteroatoms. The number of hydrogen-bond acceptors (Lipinski definition) is 8. The van der Waals surface area contributed by atoms with Gasteiger partial charge in [0.2, 0.25) is 11.8 Å². The number of aromatic hydroxyl groups is 2. The van der Waals surface area contributed by atoms with Gasteiger partial charge >= 0.3 is 5.97 Å². The summed E-state index contributed by atoms with van der Waals surface area (Å²) in [6.45, 7) is 0. The summed E-state index contributed by atoms with van der Waals surface area (Å²) in [5, 5.41) is 18.3. The third kappa shape index (κ3) is 3.25. The van der Waals surface area contributed by atoms with E-state index in [9.17, 15) is 13.2 Å². The molecule has 1 rings (SSSR count). The van der Waals surface area contributed by atoms with Crippen molar-refractivity contribution in [2.45, 2.75) is 9.83 Å². The molecule has 0 saturated heterocycles. The smallest absolute Gasteiger partial charge is 0.336 e. The molecule has 0 radical (unpaired) electrons. The summed E-state index contributed by atoms with van der Waals surface area (Å²) >= 11 is 7.00. The molecular weight excluding hydrogens is 306 g/mol. The van der Waals surface area contributed by atoms with E-state index in [4.69, 9.17) is 14.8 Å². The van der Waals surface area contributed by atoms with Gasteiger partial charge < -0.3 is 15.1 Å². The van der Waals surface area contributed by atoms with E-state index in [1.54, 1.807) is 0 Å². The molecule has 8 nitrogen and oxygen atoms in total. The summed E-state index contributed by atoms with van der Waals surface area (Å²) in [5.41, 5.74) is 0. The first-order valence-electron chi connectivity index (χ1n) is 4.27. The van der Waals surface area contributed by atoms with Crippen LogP contribution in [-0.2, 0) is 14.9 Å². The molecule has 102 valence electrons. The van der Waals surface area contributed by atoms with Gasteiger partial charge in [-0.1, -0.05) is 0 Å². The molecule has 0 aromatic carbocycles. The van der Waals surface area contributed by atoms with E-state index < -0.39 is 37.7 Å². The zero-order chi connectivity index (χ0) is 14.1. The largest absolute Gasteiger partial charge is 0.492 e. The maximum atomic E-state index is 11.3. The summed E-state index contributed by atoms with van der Waals surface area (Å²) in [5.74, 6) is -2.34. The van der Waals surface area contributed by atoms with E-state index >= 15 is 0 Å². The van der Waals surface area contributed by atoms with Crippen molar-refractivity contribution in [2.75, 3.05) is 0 Å². The monoisotopic (exact) mass is 315 g/mol. The van der Waals surface area contributed by atoms with Gasteiger partial charge in [0.1, 0.15) is 0 Å². The quantitative estimate of drug-likeness (QED) is 0.292. The van der Waals surface area contributed by atoms with E-state index in [-0.39, 0.29) is 0 Å². The first-order valence-corrected chi connectivity index (χ1v) is 6.60. The van der Waals surface area contributed by atoms with E-state index in [0.29, 0.717) is 4.73 Å². The predicted molar refractivity (Wildman–Crippen MR) is 66.2 cm³/mol. The molecular formula is C7H9NO7S3. The molecule has 1 aromatic heterocycles. The highest BCUT2D eigenvalue weighted by molar-refractivity contribution is 8.18. The van der Waals surface area contributed by atoms with Gasteiger partial charge in [-0.15, -0.1) is 30.0 Å². The van der Waals surface area contributed by atoms with Gasteiger partial charge in [0, 0.05) is 12.1 Å². The Hall–Kier alpha value is -1.04. The highest BCUT2D eigenvalue weighted by atomic mass is 32.3. The molecule has 0 aliphatic heterocycles. The van der Waals surface area contributed by atoms with Crippen LogP contribution in [0.4, 0.5) is 0 Å². The molecule has 0 saturated carbocycles. The number of carbonyl (C=O) groups is 1. The number of aromatic nitrogens is 1. The van der Waals surface area contributed by atoms with Crippen molar-refractivity contribution in [3.8, 4) is 11.8 Å². The van der Waals surface area contributed by atoms with Crippen molar-refractivity contribution in [1.82, 2.24) is 4.73 Å². The summed E-state index contributed by atoms with van der Waals surface area (Å²) in [6.07, 6.45) is -0.922. The Morgan fingerprint density at radius 2 is 1.78 bits per heavy atom. The van der Waals surface area contributed by atoms with Crippen LogP contribution in [0.1, 0.15) is 6.42 Å². The van der Waals surface area contributed by atoms with E-state index in [0.717, 1.165) is 12.1 Å². The molecule has 0 spiro atoms. The fourth-order valence-electron chi connectivity index (χ4n) is 0.909. The first-order chi connectivity index (χ1) is 8.04. The Labute approximate surface area is 113 Å². The van der Waals surface area contributed by atoms with Crippen LogP contribution in [0.3, 0.4) is 0 Å². The minimum Gasteiger partial charge on any atom is -0.492 e. The van der Waals surface area contributed by atoms with Crippen LogP contribution in [0.25, 0.3) is 0 Å². The van der Waals surface area contributed by atoms with Crippen molar-refractivity contribution in [3.05, 3.63) is 12.1 Å². The molecule has 0 amide bonds. The molecule has 0 atom stereocenters. The molecule has 0 bridgehead atoms. The number of rotatable bonds is 4. The second-order valence-corrected chi connectivity index (χ2v) is 7.33. The lowest BCUT2D eigenvalue weighted by molar-refractivity contribution is -0.145. The van der Waals surface area contributed by atoms with E-state index in [2.05, 4.69) is 30.1 Å². The van der Waals surface area contributed by atoms with Gasteiger partial charge in [0.25, 0.3) is 10.1 Å². The van der Waals surface area contributed by atoms with Gasteiger partial charge in [-0.05, 0) is 0 Å². The maximum Gasteiger partial charge on any atom is 0.336 e. The van der Waals surface area contributed by atoms with Crippen LogP contribution in [0.15, 0.2) is 12.1 Å². The zero-order valence-corrected chi connectivity index (χ0v) is 11.2. The molecule has 0 unspecified atom stereocenters. The fraction of sp³-hybridized carbons (Fsp3) is 0.286. The number of nitrogens with zero attached hydrogens (tertiary/aromatic N) is 1. The lowest BCUT2D eigenvalue weighted by Gasteiger charge is -2.17. The molecule has 0 fully saturated rings. The molecule has 1 heterocycles. The number of carbonyl (C=O) groups excluding carboxylic acids is 1. The van der Waals surface area contributed by atoms with Crippen molar-refractivity contribution in [2.24, 2.45) is 0 Å². The van der Waals surface area contributed by atoms with Crippen LogP contribution in [-0.4, -0.2) is 37.3 Å². The van der Waals surface area contributed by atoms with Crippen LogP contribution < -0.4 is 4.84 Å². The SMILES string of the molecule is O=C(CC(S)(S)S(=O)(=O)O)On1c(O)ccc1O. The highest BCUT2D eigenvalue weighted by Crippen LogP contribution is 2.30. The van der Waals surface area contributed by atoms with E-state index in [1.807, 2.05) is 0 Å². The second-order valence-electron chi connectivity index (χ2n) is 3.20. The molecule has 3 N–H and O–H groups in total. The summed E-state index contributed by atoms with van der Waals surface area (Å²) in [7, 11) is -4.70. The van der Waals surface area contributed by atoms with Crippen molar-refractivity contribution in [1.29, 1.82) is 0 Å². The van der Waals surface area contributed by atoms with Crippen LogP contribution in [0.2, 0.25) is 0 Å². The second kappa shape index (κ2) is 4.91. The van der Waals surface area contributed by atoms with E-state index in [1.165, 1.54) is 0 Å². The van der Waals surface area contributed by atoms with Crippen LogP contribution in [0, 0.1) is 0 Å². The highest BCUT2D eigenvalue weighted by Gasteiger charge is 2.39. The lowest BCUT2D eigenvalue weighted by Crippen LogP contribution is -2.32. The first kappa shape index (κ1) is 15.0. The Bertz CT molecular complexity index is 542. The minimum atomic E-state index is -4.70. The predicted octanol–water partition coefficient (Wildman–Crippen LogP) is -0.354. The van der Waals surface area contributed by atoms with Gasteiger partial charge in [-0.2, -0.15) is 8.42 Å². The van der Waals surface area contributed by atoms with Crippen molar-refractivity contribution >= 4 is 41.3 Å². The van der Waals surface area contributed by atoms with Gasteiger partial charge in [0.05, 0.1) is 6.42 Å². The van der Waals surface area contributed by atoms with Crippen LogP contribution >= 0.6 is 25.3 Å². The average Bonchev–Trinajstić information content (AvgIpc) is 2.46. The number of thiol groups is 2.